The molecule has 68 valence electrons. The lowest BCUT2D eigenvalue weighted by Gasteiger charge is -2.33. The Morgan fingerprint density at radius 3 is 3.17 bits per heavy atom. The van der Waals surface area contributed by atoms with E-state index in [1.807, 2.05) is 0 Å². The molecule has 1 heterocycles. The Bertz CT molecular complexity index is 181. The number of hydrogen-bond donors (Lipinski definition) is 1. The van der Waals surface area contributed by atoms with Gasteiger partial charge >= 0.3 is 0 Å². The Kier molecular flexibility index (Phi) is 3.25. The third kappa shape index (κ3) is 1.84. The minimum absolute atomic E-state index is 0.0560. The van der Waals surface area contributed by atoms with E-state index in [0.29, 0.717) is 19.8 Å². The molecule has 1 atom stereocenters. The van der Waals surface area contributed by atoms with Crippen molar-refractivity contribution < 1.29 is 14.6 Å². The predicted molar refractivity (Wildman–Crippen MR) is 43.6 cm³/mol. The first-order chi connectivity index (χ1) is 5.79. The van der Waals surface area contributed by atoms with Gasteiger partial charge in [-0.1, -0.05) is 6.58 Å². The smallest absolute Gasteiger partial charge is 0.246 e. The van der Waals surface area contributed by atoms with E-state index >= 15 is 0 Å². The number of rotatable bonds is 2. The van der Waals surface area contributed by atoms with Gasteiger partial charge in [-0.05, 0) is 6.08 Å². The highest BCUT2D eigenvalue weighted by atomic mass is 16.5. The van der Waals surface area contributed by atoms with Crippen LogP contribution in [0.25, 0.3) is 0 Å². The summed E-state index contributed by atoms with van der Waals surface area (Å²) in [6.07, 6.45) is 1.26. The van der Waals surface area contributed by atoms with Gasteiger partial charge in [0, 0.05) is 6.54 Å². The average Bonchev–Trinajstić information content (AvgIpc) is 2.16. The Labute approximate surface area is 71.4 Å². The fourth-order valence-electron chi connectivity index (χ4n) is 1.21. The minimum atomic E-state index is -0.204. The monoisotopic (exact) mass is 171 g/mol. The highest BCUT2D eigenvalue weighted by Gasteiger charge is 2.24. The number of carbonyl (C=O) groups excluding carboxylic acids is 1. The average molecular weight is 171 g/mol. The summed E-state index contributed by atoms with van der Waals surface area (Å²) in [7, 11) is 0. The third-order valence-corrected chi connectivity index (χ3v) is 1.90. The minimum Gasteiger partial charge on any atom is -0.394 e. The Morgan fingerprint density at radius 1 is 1.83 bits per heavy atom. The first kappa shape index (κ1) is 9.22. The first-order valence-corrected chi connectivity index (χ1v) is 3.91. The van der Waals surface area contributed by atoms with Crippen molar-refractivity contribution in [2.75, 3.05) is 26.4 Å². The van der Waals surface area contributed by atoms with Gasteiger partial charge in [-0.2, -0.15) is 0 Å². The Balaban J connectivity index is 2.58. The molecule has 4 heteroatoms. The fourth-order valence-corrected chi connectivity index (χ4v) is 1.21. The SMILES string of the molecule is C=CC(=O)N1CCOCC1CO. The van der Waals surface area contributed by atoms with Crippen molar-refractivity contribution in [1.29, 1.82) is 0 Å². The number of carbonyl (C=O) groups is 1. The zero-order valence-electron chi connectivity index (χ0n) is 6.90. The number of amides is 1. The van der Waals surface area contributed by atoms with Gasteiger partial charge in [0.25, 0.3) is 0 Å². The summed E-state index contributed by atoms with van der Waals surface area (Å²) in [5.74, 6) is -0.141. The first-order valence-electron chi connectivity index (χ1n) is 3.91. The van der Waals surface area contributed by atoms with E-state index in [1.165, 1.54) is 6.08 Å². The molecule has 1 aliphatic heterocycles. The zero-order chi connectivity index (χ0) is 8.97. The lowest BCUT2D eigenvalue weighted by Crippen LogP contribution is -2.49. The summed E-state index contributed by atoms with van der Waals surface area (Å²) in [5, 5.41) is 8.90. The van der Waals surface area contributed by atoms with E-state index < -0.39 is 0 Å². The number of ether oxygens (including phenoxy) is 1. The molecule has 1 aliphatic rings. The summed E-state index contributed by atoms with van der Waals surface area (Å²) >= 11 is 0. The standard InChI is InChI=1S/C8H13NO3/c1-2-8(11)9-3-4-12-6-7(9)5-10/h2,7,10H,1,3-6H2. The maximum Gasteiger partial charge on any atom is 0.246 e. The lowest BCUT2D eigenvalue weighted by molar-refractivity contribution is -0.136. The quantitative estimate of drug-likeness (QED) is 0.564. The van der Waals surface area contributed by atoms with Gasteiger partial charge in [0.15, 0.2) is 0 Å². The largest absolute Gasteiger partial charge is 0.394 e. The van der Waals surface area contributed by atoms with Crippen molar-refractivity contribution >= 4 is 5.91 Å². The van der Waals surface area contributed by atoms with Crippen molar-refractivity contribution in [3.63, 3.8) is 0 Å². The second kappa shape index (κ2) is 4.23. The van der Waals surface area contributed by atoms with E-state index in [-0.39, 0.29) is 18.6 Å². The molecule has 1 saturated heterocycles. The van der Waals surface area contributed by atoms with Gasteiger partial charge in [0.2, 0.25) is 5.91 Å². The van der Waals surface area contributed by atoms with Crippen molar-refractivity contribution in [3.8, 4) is 0 Å². The van der Waals surface area contributed by atoms with Crippen LogP contribution in [0.4, 0.5) is 0 Å². The molecule has 0 saturated carbocycles. The molecule has 0 aromatic rings. The third-order valence-electron chi connectivity index (χ3n) is 1.90. The van der Waals surface area contributed by atoms with Gasteiger partial charge in [0.05, 0.1) is 25.9 Å². The van der Waals surface area contributed by atoms with Crippen molar-refractivity contribution in [2.45, 2.75) is 6.04 Å². The predicted octanol–water partition coefficient (Wildman–Crippen LogP) is -0.608. The second-order valence-corrected chi connectivity index (χ2v) is 2.65. The van der Waals surface area contributed by atoms with E-state index in [0.717, 1.165) is 0 Å². The molecule has 0 bridgehead atoms. The van der Waals surface area contributed by atoms with Crippen LogP contribution in [0.15, 0.2) is 12.7 Å². The molecule has 1 amide bonds. The van der Waals surface area contributed by atoms with Crippen LogP contribution in [0.5, 0.6) is 0 Å². The summed E-state index contributed by atoms with van der Waals surface area (Å²) < 4.78 is 5.11. The van der Waals surface area contributed by atoms with Crippen LogP contribution < -0.4 is 0 Å². The van der Waals surface area contributed by atoms with Gasteiger partial charge in [-0.3, -0.25) is 4.79 Å². The van der Waals surface area contributed by atoms with Crippen LogP contribution in [0, 0.1) is 0 Å². The fraction of sp³-hybridized carbons (Fsp3) is 0.625. The number of aliphatic hydroxyl groups excluding tert-OH is 1. The lowest BCUT2D eigenvalue weighted by atomic mass is 10.2. The Morgan fingerprint density at radius 2 is 2.58 bits per heavy atom. The molecule has 1 fully saturated rings. The summed E-state index contributed by atoms with van der Waals surface area (Å²) in [6, 6.07) is -0.204. The topological polar surface area (TPSA) is 49.8 Å². The van der Waals surface area contributed by atoms with Gasteiger partial charge in [-0.15, -0.1) is 0 Å². The molecule has 1 unspecified atom stereocenters. The van der Waals surface area contributed by atoms with Crippen molar-refractivity contribution in [1.82, 2.24) is 4.90 Å². The molecule has 1 N–H and O–H groups in total. The van der Waals surface area contributed by atoms with Crippen LogP contribution in [0.3, 0.4) is 0 Å². The second-order valence-electron chi connectivity index (χ2n) is 2.65. The van der Waals surface area contributed by atoms with Crippen molar-refractivity contribution in [3.05, 3.63) is 12.7 Å². The van der Waals surface area contributed by atoms with Gasteiger partial charge in [-0.25, -0.2) is 0 Å². The van der Waals surface area contributed by atoms with Crippen LogP contribution in [-0.4, -0.2) is 48.3 Å². The van der Waals surface area contributed by atoms with Crippen LogP contribution in [0.1, 0.15) is 0 Å². The summed E-state index contributed by atoms with van der Waals surface area (Å²) in [4.78, 5) is 12.8. The maximum absolute atomic E-state index is 11.2. The molecule has 0 aromatic heterocycles. The van der Waals surface area contributed by atoms with Gasteiger partial charge < -0.3 is 14.7 Å². The molecular formula is C8H13NO3. The normalized spacial score (nSPS) is 23.8. The van der Waals surface area contributed by atoms with E-state index in [1.54, 1.807) is 4.90 Å². The molecule has 4 nitrogen and oxygen atoms in total. The van der Waals surface area contributed by atoms with Crippen LogP contribution in [0.2, 0.25) is 0 Å². The zero-order valence-corrected chi connectivity index (χ0v) is 6.90. The Hall–Kier alpha value is -0.870. The molecule has 0 aliphatic carbocycles. The highest BCUT2D eigenvalue weighted by molar-refractivity contribution is 5.87. The molecule has 12 heavy (non-hydrogen) atoms. The summed E-state index contributed by atoms with van der Waals surface area (Å²) in [5.41, 5.74) is 0. The van der Waals surface area contributed by atoms with Crippen molar-refractivity contribution in [2.24, 2.45) is 0 Å². The van der Waals surface area contributed by atoms with Crippen LogP contribution in [-0.2, 0) is 9.53 Å². The van der Waals surface area contributed by atoms with E-state index in [4.69, 9.17) is 9.84 Å². The molecule has 1 rings (SSSR count). The number of morpholine rings is 1. The molecule has 0 aromatic carbocycles. The number of hydrogen-bond acceptors (Lipinski definition) is 3. The van der Waals surface area contributed by atoms with E-state index in [9.17, 15) is 4.79 Å². The maximum atomic E-state index is 11.2. The van der Waals surface area contributed by atoms with Gasteiger partial charge in [0.1, 0.15) is 0 Å². The number of nitrogens with zero attached hydrogens (tertiary/aromatic N) is 1. The molecule has 0 radical (unpaired) electrons. The van der Waals surface area contributed by atoms with Crippen LogP contribution >= 0.6 is 0 Å². The molecule has 0 spiro atoms. The highest BCUT2D eigenvalue weighted by Crippen LogP contribution is 2.06. The molecular weight excluding hydrogens is 158 g/mol. The van der Waals surface area contributed by atoms with E-state index in [2.05, 4.69) is 6.58 Å². The number of aliphatic hydroxyl groups is 1. The summed E-state index contributed by atoms with van der Waals surface area (Å²) in [6.45, 7) is 4.82.